The molecule has 8 aliphatic carbocycles. The van der Waals surface area contributed by atoms with Gasteiger partial charge in [-0.3, -0.25) is 9.59 Å². The van der Waals surface area contributed by atoms with Crippen molar-refractivity contribution in [2.75, 3.05) is 13.4 Å². The SMILES string of the molecule is CCOCOC(=O)C1C2CC(C1C(=O)OC1CC3CC1C1C4CCC(C4)C31)C1C3CC(C(C)C3C)C21. The molecule has 8 aliphatic rings. The lowest BCUT2D eigenvalue weighted by molar-refractivity contribution is -0.179. The second-order valence-corrected chi connectivity index (χ2v) is 14.5. The summed E-state index contributed by atoms with van der Waals surface area (Å²) in [6.07, 6.45) is 9.04. The van der Waals surface area contributed by atoms with Crippen LogP contribution in [0.4, 0.5) is 0 Å². The van der Waals surface area contributed by atoms with Gasteiger partial charge in [-0.15, -0.1) is 0 Å². The van der Waals surface area contributed by atoms with Crippen molar-refractivity contribution in [2.24, 2.45) is 94.7 Å². The number of hydrogen-bond donors (Lipinski definition) is 0. The van der Waals surface area contributed by atoms with Crippen LogP contribution >= 0.6 is 0 Å². The lowest BCUT2D eigenvalue weighted by Crippen LogP contribution is -2.48. The summed E-state index contributed by atoms with van der Waals surface area (Å²) in [4.78, 5) is 27.5. The number of hydrogen-bond acceptors (Lipinski definition) is 5. The average Bonchev–Trinajstić information content (AvgIpc) is 3.70. The molecule has 0 N–H and O–H groups in total. The second-order valence-electron chi connectivity index (χ2n) is 14.5. The molecule has 8 bridgehead atoms. The van der Waals surface area contributed by atoms with Crippen molar-refractivity contribution >= 4 is 11.9 Å². The number of ether oxygens (including phenoxy) is 3. The van der Waals surface area contributed by atoms with E-state index in [1.807, 2.05) is 6.92 Å². The number of rotatable bonds is 6. The third-order valence-corrected chi connectivity index (χ3v) is 14.0. The first kappa shape index (κ1) is 22.8. The van der Waals surface area contributed by atoms with Gasteiger partial charge in [0.15, 0.2) is 6.79 Å². The topological polar surface area (TPSA) is 61.8 Å². The van der Waals surface area contributed by atoms with Crippen molar-refractivity contribution in [1.82, 2.24) is 0 Å². The number of carbonyl (C=O) groups is 2. The van der Waals surface area contributed by atoms with Crippen LogP contribution in [0.1, 0.15) is 65.7 Å². The van der Waals surface area contributed by atoms with E-state index in [0.29, 0.717) is 36.2 Å². The standard InChI is InChI=1S/C31H44O5/c1-4-34-12-35-30(32)28-21-11-22(27-19-10-18(26(21)27)13(2)14(19)3)29(28)31(33)36-23-9-17-8-20(23)25-16-6-5-15(7-16)24(17)25/h13-29H,4-12H2,1-3H3. The Bertz CT molecular complexity index is 947. The molecule has 0 saturated heterocycles. The van der Waals surface area contributed by atoms with Gasteiger partial charge in [0, 0.05) is 6.61 Å². The molecule has 5 heteroatoms. The van der Waals surface area contributed by atoms with Gasteiger partial charge < -0.3 is 14.2 Å². The fraction of sp³-hybridized carbons (Fsp3) is 0.935. The molecule has 0 radical (unpaired) electrons. The van der Waals surface area contributed by atoms with E-state index in [1.165, 1.54) is 32.1 Å². The Kier molecular flexibility index (Phi) is 5.05. The fourth-order valence-corrected chi connectivity index (χ4v) is 13.0. The molecule has 36 heavy (non-hydrogen) atoms. The Hall–Kier alpha value is -1.10. The fourth-order valence-electron chi connectivity index (χ4n) is 13.0. The Morgan fingerprint density at radius 1 is 0.667 bits per heavy atom. The molecule has 0 heterocycles. The van der Waals surface area contributed by atoms with Crippen LogP contribution in [0.25, 0.3) is 0 Å². The second kappa shape index (κ2) is 7.96. The van der Waals surface area contributed by atoms with Crippen molar-refractivity contribution < 1.29 is 23.8 Å². The molecule has 8 fully saturated rings. The van der Waals surface area contributed by atoms with E-state index >= 15 is 0 Å². The molecule has 0 amide bonds. The van der Waals surface area contributed by atoms with Gasteiger partial charge in [-0.05, 0) is 135 Å². The van der Waals surface area contributed by atoms with E-state index in [1.54, 1.807) is 0 Å². The zero-order chi connectivity index (χ0) is 24.5. The molecular formula is C31H44O5. The predicted octanol–water partition coefficient (Wildman–Crippen LogP) is 5.17. The summed E-state index contributed by atoms with van der Waals surface area (Å²) in [5.74, 6) is 8.71. The quantitative estimate of drug-likeness (QED) is 0.220. The highest BCUT2D eigenvalue weighted by Gasteiger charge is 2.72. The summed E-state index contributed by atoms with van der Waals surface area (Å²) in [7, 11) is 0. The van der Waals surface area contributed by atoms with Gasteiger partial charge in [0.25, 0.3) is 0 Å². The summed E-state index contributed by atoms with van der Waals surface area (Å²) in [6, 6.07) is 0. The summed E-state index contributed by atoms with van der Waals surface area (Å²) in [6.45, 7) is 7.28. The molecule has 0 spiro atoms. The summed E-state index contributed by atoms with van der Waals surface area (Å²) in [5.41, 5.74) is 0. The summed E-state index contributed by atoms with van der Waals surface area (Å²) >= 11 is 0. The minimum Gasteiger partial charge on any atom is -0.462 e. The number of carbonyl (C=O) groups excluding carboxylic acids is 2. The van der Waals surface area contributed by atoms with Crippen molar-refractivity contribution in [1.29, 1.82) is 0 Å². The smallest absolute Gasteiger partial charge is 0.312 e. The Morgan fingerprint density at radius 2 is 1.31 bits per heavy atom. The number of fused-ring (bicyclic) bond motifs is 18. The average molecular weight is 497 g/mol. The van der Waals surface area contributed by atoms with Crippen LogP contribution in [0.15, 0.2) is 0 Å². The lowest BCUT2D eigenvalue weighted by Gasteiger charge is -2.45. The molecule has 0 aromatic carbocycles. The molecule has 5 nitrogen and oxygen atoms in total. The summed E-state index contributed by atoms with van der Waals surface area (Å²) in [5, 5.41) is 0. The van der Waals surface area contributed by atoms with E-state index < -0.39 is 0 Å². The minimum absolute atomic E-state index is 0.00340. The van der Waals surface area contributed by atoms with Crippen LogP contribution in [-0.4, -0.2) is 31.4 Å². The van der Waals surface area contributed by atoms with E-state index in [-0.39, 0.29) is 42.6 Å². The van der Waals surface area contributed by atoms with Crippen molar-refractivity contribution in [3.8, 4) is 0 Å². The van der Waals surface area contributed by atoms with Crippen LogP contribution < -0.4 is 0 Å². The van der Waals surface area contributed by atoms with Crippen molar-refractivity contribution in [3.63, 3.8) is 0 Å². The molecule has 0 aromatic heterocycles. The Labute approximate surface area is 215 Å². The molecule has 8 rings (SSSR count). The van der Waals surface area contributed by atoms with Gasteiger partial charge in [-0.1, -0.05) is 13.8 Å². The lowest BCUT2D eigenvalue weighted by atomic mass is 9.59. The Balaban J connectivity index is 1.04. The highest BCUT2D eigenvalue weighted by Crippen LogP contribution is 2.73. The van der Waals surface area contributed by atoms with E-state index in [0.717, 1.165) is 60.2 Å². The molecule has 17 atom stereocenters. The third-order valence-electron chi connectivity index (χ3n) is 14.0. The van der Waals surface area contributed by atoms with Gasteiger partial charge in [-0.25, -0.2) is 0 Å². The van der Waals surface area contributed by atoms with Crippen LogP contribution in [0.2, 0.25) is 0 Å². The van der Waals surface area contributed by atoms with Crippen LogP contribution in [0.3, 0.4) is 0 Å². The largest absolute Gasteiger partial charge is 0.462 e. The maximum Gasteiger partial charge on any atom is 0.312 e. The highest BCUT2D eigenvalue weighted by molar-refractivity contribution is 5.84. The number of esters is 2. The van der Waals surface area contributed by atoms with E-state index in [4.69, 9.17) is 14.2 Å². The van der Waals surface area contributed by atoms with Crippen molar-refractivity contribution in [3.05, 3.63) is 0 Å². The van der Waals surface area contributed by atoms with Gasteiger partial charge in [-0.2, -0.15) is 0 Å². The van der Waals surface area contributed by atoms with Crippen LogP contribution in [0, 0.1) is 94.7 Å². The zero-order valence-corrected chi connectivity index (χ0v) is 22.2. The first-order valence-electron chi connectivity index (χ1n) is 15.4. The van der Waals surface area contributed by atoms with Gasteiger partial charge >= 0.3 is 11.9 Å². The van der Waals surface area contributed by atoms with Crippen LogP contribution in [-0.2, 0) is 23.8 Å². The highest BCUT2D eigenvalue weighted by atomic mass is 16.7. The van der Waals surface area contributed by atoms with E-state index in [2.05, 4.69) is 13.8 Å². The monoisotopic (exact) mass is 496 g/mol. The van der Waals surface area contributed by atoms with Gasteiger partial charge in [0.2, 0.25) is 0 Å². The first-order chi connectivity index (χ1) is 17.5. The maximum absolute atomic E-state index is 14.0. The summed E-state index contributed by atoms with van der Waals surface area (Å²) < 4.78 is 17.5. The van der Waals surface area contributed by atoms with Crippen molar-refractivity contribution in [2.45, 2.75) is 71.8 Å². The molecule has 8 saturated carbocycles. The molecule has 0 aliphatic heterocycles. The maximum atomic E-state index is 14.0. The van der Waals surface area contributed by atoms with E-state index in [9.17, 15) is 9.59 Å². The van der Waals surface area contributed by atoms with Crippen LogP contribution in [0.5, 0.6) is 0 Å². The van der Waals surface area contributed by atoms with Gasteiger partial charge in [0.1, 0.15) is 6.10 Å². The molecule has 198 valence electrons. The minimum atomic E-state index is -0.333. The predicted molar refractivity (Wildman–Crippen MR) is 132 cm³/mol. The first-order valence-corrected chi connectivity index (χ1v) is 15.4. The molecular weight excluding hydrogens is 452 g/mol. The zero-order valence-electron chi connectivity index (χ0n) is 22.2. The molecule has 17 unspecified atom stereocenters. The molecule has 0 aromatic rings. The normalized spacial score (nSPS) is 58.5. The third kappa shape index (κ3) is 2.82. The van der Waals surface area contributed by atoms with Gasteiger partial charge in [0.05, 0.1) is 11.8 Å². The Morgan fingerprint density at radius 3 is 2.00 bits per heavy atom.